The molecule has 2 heterocycles. The lowest BCUT2D eigenvalue weighted by Crippen LogP contribution is -3.05. The summed E-state index contributed by atoms with van der Waals surface area (Å²) in [6.45, 7) is 0. The van der Waals surface area contributed by atoms with E-state index in [2.05, 4.69) is 10.3 Å². The van der Waals surface area contributed by atoms with Crippen molar-refractivity contribution in [3.8, 4) is 11.5 Å². The smallest absolute Gasteiger partial charge is 0.256 e. The first-order valence-corrected chi connectivity index (χ1v) is 6.75. The van der Waals surface area contributed by atoms with Crippen LogP contribution in [0.2, 0.25) is 0 Å². The van der Waals surface area contributed by atoms with Gasteiger partial charge in [0.15, 0.2) is 0 Å². The number of benzene rings is 1. The van der Waals surface area contributed by atoms with Gasteiger partial charge < -0.3 is 27.2 Å². The van der Waals surface area contributed by atoms with E-state index in [-0.39, 0.29) is 18.3 Å². The van der Waals surface area contributed by atoms with Crippen molar-refractivity contribution in [2.24, 2.45) is 4.99 Å². The third-order valence-corrected chi connectivity index (χ3v) is 3.37. The highest BCUT2D eigenvalue weighted by molar-refractivity contribution is 5.97. The lowest BCUT2D eigenvalue weighted by molar-refractivity contribution is -0.679. The lowest BCUT2D eigenvalue weighted by atomic mass is 10.1. The number of allylic oxidation sites excluding steroid dienone is 1. The molecule has 7 heteroatoms. The monoisotopic (exact) mass is 333 g/mol. The van der Waals surface area contributed by atoms with Gasteiger partial charge in [0.1, 0.15) is 23.9 Å². The molecule has 1 amide bonds. The van der Waals surface area contributed by atoms with Crippen LogP contribution < -0.4 is 32.1 Å². The molecule has 3 rings (SSSR count). The van der Waals surface area contributed by atoms with Gasteiger partial charge in [0.05, 0.1) is 26.1 Å². The summed E-state index contributed by atoms with van der Waals surface area (Å²) in [6.07, 6.45) is 9.22. The first-order valence-electron chi connectivity index (χ1n) is 6.75. The predicted molar refractivity (Wildman–Crippen MR) is 81.8 cm³/mol. The van der Waals surface area contributed by atoms with Gasteiger partial charge in [-0.05, 0) is 18.2 Å². The van der Waals surface area contributed by atoms with Gasteiger partial charge in [-0.15, -0.1) is 0 Å². The highest BCUT2D eigenvalue weighted by atomic mass is 35.5. The average Bonchev–Trinajstić information content (AvgIpc) is 3.01. The zero-order chi connectivity index (χ0) is 15.5. The minimum Gasteiger partial charge on any atom is -1.00 e. The summed E-state index contributed by atoms with van der Waals surface area (Å²) in [6, 6.07) is 5.05. The number of fused-ring (bicyclic) bond motifs is 1. The molecule has 1 unspecified atom stereocenters. The van der Waals surface area contributed by atoms with Crippen LogP contribution in [0.4, 0.5) is 0 Å². The minimum atomic E-state index is -0.226. The molecule has 1 aromatic carbocycles. The van der Waals surface area contributed by atoms with Crippen LogP contribution in [-0.2, 0) is 0 Å². The molecule has 2 aliphatic heterocycles. The van der Waals surface area contributed by atoms with Gasteiger partial charge in [0.2, 0.25) is 5.84 Å². The van der Waals surface area contributed by atoms with Crippen molar-refractivity contribution in [2.75, 3.05) is 14.2 Å². The van der Waals surface area contributed by atoms with Gasteiger partial charge in [-0.2, -0.15) is 4.99 Å². The molecule has 120 valence electrons. The first kappa shape index (κ1) is 16.8. The molecular weight excluding hydrogens is 318 g/mol. The number of hydrogen-bond donors (Lipinski definition) is 2. The van der Waals surface area contributed by atoms with Crippen molar-refractivity contribution in [1.82, 2.24) is 5.32 Å². The lowest BCUT2D eigenvalue weighted by Gasteiger charge is -2.13. The molecule has 0 aliphatic carbocycles. The Morgan fingerprint density at radius 3 is 2.48 bits per heavy atom. The summed E-state index contributed by atoms with van der Waals surface area (Å²) in [5.41, 5.74) is 1.18. The van der Waals surface area contributed by atoms with E-state index in [0.29, 0.717) is 22.8 Å². The van der Waals surface area contributed by atoms with Crippen molar-refractivity contribution in [3.05, 3.63) is 60.2 Å². The Labute approximate surface area is 140 Å². The van der Waals surface area contributed by atoms with E-state index in [0.717, 1.165) is 10.7 Å². The third kappa shape index (κ3) is 3.61. The van der Waals surface area contributed by atoms with Crippen LogP contribution in [0.5, 0.6) is 11.5 Å². The molecule has 2 aliphatic rings. The fourth-order valence-electron chi connectivity index (χ4n) is 2.22. The molecule has 0 radical (unpaired) electrons. The second-order valence-electron chi connectivity index (χ2n) is 4.77. The van der Waals surface area contributed by atoms with E-state index in [4.69, 9.17) is 9.47 Å². The normalized spacial score (nSPS) is 17.6. The maximum absolute atomic E-state index is 12.4. The summed E-state index contributed by atoms with van der Waals surface area (Å²) >= 11 is 0. The van der Waals surface area contributed by atoms with Crippen LogP contribution in [-0.4, -0.2) is 26.0 Å². The van der Waals surface area contributed by atoms with Crippen LogP contribution in [0.1, 0.15) is 10.4 Å². The second kappa shape index (κ2) is 7.13. The van der Waals surface area contributed by atoms with Gasteiger partial charge in [-0.25, -0.2) is 4.90 Å². The fourth-order valence-corrected chi connectivity index (χ4v) is 2.22. The minimum absolute atomic E-state index is 0. The number of ether oxygens (including phenoxy) is 2. The molecule has 2 N–H and O–H groups in total. The number of carbonyl (C=O) groups is 1. The van der Waals surface area contributed by atoms with Gasteiger partial charge in [0.25, 0.3) is 5.91 Å². The largest absolute Gasteiger partial charge is 1.00 e. The highest BCUT2D eigenvalue weighted by Crippen LogP contribution is 2.22. The molecule has 0 saturated carbocycles. The number of aliphatic imine (C=N–C) groups is 1. The van der Waals surface area contributed by atoms with Crippen LogP contribution >= 0.6 is 0 Å². The average molecular weight is 334 g/mol. The summed E-state index contributed by atoms with van der Waals surface area (Å²) < 4.78 is 10.4. The zero-order valence-corrected chi connectivity index (χ0v) is 13.4. The molecule has 6 nitrogen and oxygen atoms in total. The Hall–Kier alpha value is -2.57. The van der Waals surface area contributed by atoms with Gasteiger partial charge in [0, 0.05) is 17.7 Å². The van der Waals surface area contributed by atoms with Crippen LogP contribution in [0, 0.1) is 0 Å². The number of methoxy groups -OCH3 is 2. The highest BCUT2D eigenvalue weighted by Gasteiger charge is 2.20. The number of carbonyl (C=O) groups excluding carboxylic acids is 1. The van der Waals surface area contributed by atoms with E-state index < -0.39 is 0 Å². The summed E-state index contributed by atoms with van der Waals surface area (Å²) in [5, 5.41) is 2.86. The number of rotatable bonds is 4. The summed E-state index contributed by atoms with van der Waals surface area (Å²) in [7, 11) is 3.10. The van der Waals surface area contributed by atoms with Crippen LogP contribution in [0.3, 0.4) is 0 Å². The van der Waals surface area contributed by atoms with Gasteiger partial charge in [-0.3, -0.25) is 4.79 Å². The molecule has 1 aromatic rings. The summed E-state index contributed by atoms with van der Waals surface area (Å²) in [4.78, 5) is 17.6. The van der Waals surface area contributed by atoms with E-state index >= 15 is 0 Å². The Bertz CT molecular complexity index is 716. The Morgan fingerprint density at radius 1 is 1.13 bits per heavy atom. The Balaban J connectivity index is 0.00000192. The molecule has 0 aromatic heterocycles. The fraction of sp³-hybridized carbons (Fsp3) is 0.125. The van der Waals surface area contributed by atoms with Gasteiger partial charge >= 0.3 is 0 Å². The first-order chi connectivity index (χ1) is 10.7. The molecular formula is C16H16ClN3O3. The van der Waals surface area contributed by atoms with Crippen molar-refractivity contribution >= 4 is 11.7 Å². The zero-order valence-electron chi connectivity index (χ0n) is 12.7. The molecule has 0 bridgehead atoms. The number of nitrogens with zero attached hydrogens (tertiary/aromatic N) is 1. The Morgan fingerprint density at radius 2 is 1.83 bits per heavy atom. The number of hydrogen-bond acceptors (Lipinski definition) is 4. The van der Waals surface area contributed by atoms with Crippen molar-refractivity contribution in [1.29, 1.82) is 0 Å². The number of amidine groups is 1. The SMILES string of the molecule is COc1cc(OC)cc(C(=O)NC2=C[NH+]3C=CN=C3C=C2)c1.[Cl-]. The molecule has 23 heavy (non-hydrogen) atoms. The molecule has 0 saturated heterocycles. The predicted octanol–water partition coefficient (Wildman–Crippen LogP) is -2.38. The topological polar surface area (TPSA) is 64.4 Å². The molecule has 0 fully saturated rings. The quantitative estimate of drug-likeness (QED) is 0.647. The molecule has 0 spiro atoms. The summed E-state index contributed by atoms with van der Waals surface area (Å²) in [5.74, 6) is 1.82. The standard InChI is InChI=1S/C16H15N3O3.ClH/c1-21-13-7-11(8-14(9-13)22-2)16(20)18-12-3-4-15-17-5-6-19(15)10-12;/h3-10H,1-2H3,(H,18,20);1H. The van der Waals surface area contributed by atoms with Crippen LogP contribution in [0.25, 0.3) is 0 Å². The third-order valence-electron chi connectivity index (χ3n) is 3.37. The maximum Gasteiger partial charge on any atom is 0.256 e. The van der Waals surface area contributed by atoms with Crippen molar-refractivity contribution in [2.45, 2.75) is 0 Å². The maximum atomic E-state index is 12.4. The number of nitrogens with one attached hydrogen (secondary N) is 2. The second-order valence-corrected chi connectivity index (χ2v) is 4.77. The number of amides is 1. The Kier molecular flexibility index (Phi) is 5.20. The van der Waals surface area contributed by atoms with E-state index in [1.165, 1.54) is 0 Å². The number of halogens is 1. The van der Waals surface area contributed by atoms with E-state index in [1.54, 1.807) is 38.6 Å². The van der Waals surface area contributed by atoms with Gasteiger partial charge in [-0.1, -0.05) is 0 Å². The van der Waals surface area contributed by atoms with E-state index in [9.17, 15) is 4.79 Å². The van der Waals surface area contributed by atoms with Crippen molar-refractivity contribution in [3.63, 3.8) is 0 Å². The van der Waals surface area contributed by atoms with Crippen molar-refractivity contribution < 1.29 is 31.6 Å². The molecule has 1 atom stereocenters. The van der Waals surface area contributed by atoms with Crippen LogP contribution in [0.15, 0.2) is 59.6 Å². The van der Waals surface area contributed by atoms with E-state index in [1.807, 2.05) is 24.6 Å². The number of quaternary nitrogens is 1.